The fourth-order valence-electron chi connectivity index (χ4n) is 1.55. The molecule has 0 aromatic heterocycles. The Morgan fingerprint density at radius 1 is 0.947 bits per heavy atom. The zero-order valence-electron chi connectivity index (χ0n) is 9.74. The highest BCUT2D eigenvalue weighted by atomic mass is 35.5. The minimum absolute atomic E-state index is 0.170. The van der Waals surface area contributed by atoms with Gasteiger partial charge in [0.2, 0.25) is 0 Å². The van der Waals surface area contributed by atoms with Gasteiger partial charge in [0.05, 0.1) is 5.02 Å². The summed E-state index contributed by atoms with van der Waals surface area (Å²) in [6.45, 7) is 0. The lowest BCUT2D eigenvalue weighted by molar-refractivity contribution is 0.104. The van der Waals surface area contributed by atoms with Crippen LogP contribution in [0.1, 0.15) is 15.9 Å². The van der Waals surface area contributed by atoms with E-state index < -0.39 is 0 Å². The number of halogens is 3. The fourth-order valence-corrected chi connectivity index (χ4v) is 2.25. The summed E-state index contributed by atoms with van der Waals surface area (Å²) >= 11 is 17.8. The maximum Gasteiger partial charge on any atom is 0.187 e. The van der Waals surface area contributed by atoms with Crippen molar-refractivity contribution in [2.45, 2.75) is 0 Å². The van der Waals surface area contributed by atoms with Gasteiger partial charge in [0.25, 0.3) is 0 Å². The molecule has 0 aliphatic heterocycles. The van der Waals surface area contributed by atoms with Crippen LogP contribution in [0.15, 0.2) is 48.5 Å². The quantitative estimate of drug-likeness (QED) is 0.537. The number of hydrogen-bond acceptors (Lipinski definition) is 1. The molecule has 2 rings (SSSR count). The first kappa shape index (κ1) is 14.1. The molecule has 0 radical (unpaired) electrons. The van der Waals surface area contributed by atoms with Gasteiger partial charge in [-0.2, -0.15) is 0 Å². The molecule has 1 nitrogen and oxygen atoms in total. The fraction of sp³-hybridized carbons (Fsp3) is 0. The van der Waals surface area contributed by atoms with Gasteiger partial charge in [-0.1, -0.05) is 53.0 Å². The number of ketones is 1. The molecule has 0 fully saturated rings. The third-order valence-electron chi connectivity index (χ3n) is 2.52. The molecule has 0 saturated heterocycles. The van der Waals surface area contributed by atoms with Gasteiger partial charge in [-0.05, 0) is 42.0 Å². The highest BCUT2D eigenvalue weighted by molar-refractivity contribution is 6.36. The van der Waals surface area contributed by atoms with E-state index in [9.17, 15) is 4.79 Å². The predicted octanol–water partition coefficient (Wildman–Crippen LogP) is 5.54. The normalized spacial score (nSPS) is 10.9. The Labute approximate surface area is 126 Å². The van der Waals surface area contributed by atoms with Crippen LogP contribution in [0.5, 0.6) is 0 Å². The third-order valence-corrected chi connectivity index (χ3v) is 3.41. The molecule has 2 aromatic carbocycles. The molecule has 19 heavy (non-hydrogen) atoms. The molecule has 4 heteroatoms. The van der Waals surface area contributed by atoms with Crippen molar-refractivity contribution in [3.05, 3.63) is 74.7 Å². The molecule has 0 saturated carbocycles. The predicted molar refractivity (Wildman–Crippen MR) is 81.3 cm³/mol. The van der Waals surface area contributed by atoms with Crippen LogP contribution in [0, 0.1) is 0 Å². The van der Waals surface area contributed by atoms with Gasteiger partial charge < -0.3 is 0 Å². The van der Waals surface area contributed by atoms with Crippen molar-refractivity contribution in [2.24, 2.45) is 0 Å². The van der Waals surface area contributed by atoms with Crippen molar-refractivity contribution in [2.75, 3.05) is 0 Å². The van der Waals surface area contributed by atoms with Crippen LogP contribution in [0.3, 0.4) is 0 Å². The molecule has 0 N–H and O–H groups in total. The second-order valence-electron chi connectivity index (χ2n) is 3.84. The zero-order chi connectivity index (χ0) is 13.8. The minimum Gasteiger partial charge on any atom is -0.289 e. The van der Waals surface area contributed by atoms with Crippen LogP contribution >= 0.6 is 34.8 Å². The van der Waals surface area contributed by atoms with E-state index in [0.29, 0.717) is 20.6 Å². The summed E-state index contributed by atoms with van der Waals surface area (Å²) in [5, 5.41) is 1.48. The van der Waals surface area contributed by atoms with Crippen LogP contribution in [-0.4, -0.2) is 5.78 Å². The second-order valence-corrected chi connectivity index (χ2v) is 5.09. The first-order valence-electron chi connectivity index (χ1n) is 5.50. The minimum atomic E-state index is -0.170. The smallest absolute Gasteiger partial charge is 0.187 e. The Morgan fingerprint density at radius 3 is 2.37 bits per heavy atom. The summed E-state index contributed by atoms with van der Waals surface area (Å²) in [6, 6.07) is 12.0. The van der Waals surface area contributed by atoms with Gasteiger partial charge in [0.1, 0.15) is 0 Å². The van der Waals surface area contributed by atoms with Gasteiger partial charge in [-0.3, -0.25) is 4.79 Å². The van der Waals surface area contributed by atoms with Crippen molar-refractivity contribution in [1.29, 1.82) is 0 Å². The monoisotopic (exact) mass is 310 g/mol. The molecule has 0 atom stereocenters. The van der Waals surface area contributed by atoms with E-state index in [0.717, 1.165) is 5.56 Å². The van der Waals surface area contributed by atoms with E-state index in [-0.39, 0.29) is 5.78 Å². The topological polar surface area (TPSA) is 17.1 Å². The molecule has 96 valence electrons. The number of carbonyl (C=O) groups excluding carboxylic acids is 1. The lowest BCUT2D eigenvalue weighted by Gasteiger charge is -2.00. The molecule has 0 aliphatic carbocycles. The Morgan fingerprint density at radius 2 is 1.68 bits per heavy atom. The maximum atomic E-state index is 12.0. The first-order valence-corrected chi connectivity index (χ1v) is 6.63. The first-order chi connectivity index (χ1) is 9.08. The number of allylic oxidation sites excluding steroid dienone is 1. The van der Waals surface area contributed by atoms with E-state index in [2.05, 4.69) is 0 Å². The molecular weight excluding hydrogens is 303 g/mol. The highest BCUT2D eigenvalue weighted by Crippen LogP contribution is 2.22. The maximum absolute atomic E-state index is 12.0. The van der Waals surface area contributed by atoms with E-state index in [1.54, 1.807) is 48.5 Å². The van der Waals surface area contributed by atoms with E-state index in [4.69, 9.17) is 34.8 Å². The summed E-state index contributed by atoms with van der Waals surface area (Å²) in [5.74, 6) is -0.170. The molecule has 0 aliphatic rings. The SMILES string of the molecule is O=C(/C=C/c1ccc(Cl)cc1Cl)c1ccccc1Cl. The van der Waals surface area contributed by atoms with Crippen LogP contribution in [0.4, 0.5) is 0 Å². The summed E-state index contributed by atoms with van der Waals surface area (Å²) in [6.07, 6.45) is 3.08. The lowest BCUT2D eigenvalue weighted by atomic mass is 10.1. The zero-order valence-corrected chi connectivity index (χ0v) is 12.0. The molecule has 0 bridgehead atoms. The van der Waals surface area contributed by atoms with Gasteiger partial charge in [0.15, 0.2) is 5.78 Å². The number of rotatable bonds is 3. The molecule has 0 amide bonds. The summed E-state index contributed by atoms with van der Waals surface area (Å²) in [5.41, 5.74) is 1.19. The van der Waals surface area contributed by atoms with Crippen molar-refractivity contribution in [3.63, 3.8) is 0 Å². The lowest BCUT2D eigenvalue weighted by Crippen LogP contribution is -1.94. The second kappa shape index (κ2) is 6.25. The number of hydrogen-bond donors (Lipinski definition) is 0. The molecule has 2 aromatic rings. The summed E-state index contributed by atoms with van der Waals surface area (Å²) in [7, 11) is 0. The highest BCUT2D eigenvalue weighted by Gasteiger charge is 2.06. The van der Waals surface area contributed by atoms with Crippen molar-refractivity contribution >= 4 is 46.7 Å². The van der Waals surface area contributed by atoms with Gasteiger partial charge >= 0.3 is 0 Å². The number of benzene rings is 2. The molecule has 0 unspecified atom stereocenters. The third kappa shape index (κ3) is 3.60. The van der Waals surface area contributed by atoms with Gasteiger partial charge in [-0.25, -0.2) is 0 Å². The average Bonchev–Trinajstić information content (AvgIpc) is 2.38. The Balaban J connectivity index is 2.24. The van der Waals surface area contributed by atoms with Gasteiger partial charge in [0, 0.05) is 15.6 Å². The Bertz CT molecular complexity index is 648. The van der Waals surface area contributed by atoms with E-state index >= 15 is 0 Å². The number of carbonyl (C=O) groups is 1. The Kier molecular flexibility index (Phi) is 4.65. The van der Waals surface area contributed by atoms with Gasteiger partial charge in [-0.15, -0.1) is 0 Å². The summed E-state index contributed by atoms with van der Waals surface area (Å²) in [4.78, 5) is 12.0. The molecule has 0 spiro atoms. The van der Waals surface area contributed by atoms with E-state index in [1.807, 2.05) is 0 Å². The summed E-state index contributed by atoms with van der Waals surface area (Å²) < 4.78 is 0. The van der Waals surface area contributed by atoms with Crippen molar-refractivity contribution < 1.29 is 4.79 Å². The van der Waals surface area contributed by atoms with Crippen molar-refractivity contribution in [1.82, 2.24) is 0 Å². The Hall–Kier alpha value is -1.28. The molecule has 0 heterocycles. The van der Waals surface area contributed by atoms with Crippen LogP contribution in [0.2, 0.25) is 15.1 Å². The molecular formula is C15H9Cl3O. The van der Waals surface area contributed by atoms with Crippen LogP contribution < -0.4 is 0 Å². The largest absolute Gasteiger partial charge is 0.289 e. The van der Waals surface area contributed by atoms with E-state index in [1.165, 1.54) is 6.08 Å². The standard InChI is InChI=1S/C15H9Cl3O/c16-11-7-5-10(14(18)9-11)6-8-15(19)12-3-1-2-4-13(12)17/h1-9H/b8-6+. The average molecular weight is 312 g/mol. The van der Waals surface area contributed by atoms with Crippen molar-refractivity contribution in [3.8, 4) is 0 Å². The van der Waals surface area contributed by atoms with Crippen LogP contribution in [-0.2, 0) is 0 Å². The van der Waals surface area contributed by atoms with Crippen LogP contribution in [0.25, 0.3) is 6.08 Å².